The number of rotatable bonds is 4. The molecule has 8 nitrogen and oxygen atoms in total. The lowest BCUT2D eigenvalue weighted by Gasteiger charge is -2.19. The maximum absolute atomic E-state index is 12.4. The van der Waals surface area contributed by atoms with Crippen LogP contribution in [0.15, 0.2) is 42.5 Å². The van der Waals surface area contributed by atoms with E-state index in [1.807, 2.05) is 6.07 Å². The van der Waals surface area contributed by atoms with Crippen LogP contribution in [0.1, 0.15) is 17.4 Å². The molecule has 1 atom stereocenters. The highest BCUT2D eigenvalue weighted by Crippen LogP contribution is 2.32. The summed E-state index contributed by atoms with van der Waals surface area (Å²) < 4.78 is 16.2. The van der Waals surface area contributed by atoms with E-state index in [0.29, 0.717) is 35.8 Å². The van der Waals surface area contributed by atoms with Crippen LogP contribution in [0.25, 0.3) is 10.9 Å². The van der Waals surface area contributed by atoms with Gasteiger partial charge in [0.05, 0.1) is 5.52 Å². The zero-order valence-electron chi connectivity index (χ0n) is 14.5. The van der Waals surface area contributed by atoms with Crippen LogP contribution in [0.4, 0.5) is 5.69 Å². The first kappa shape index (κ1) is 16.9. The summed E-state index contributed by atoms with van der Waals surface area (Å²) in [6, 6.07) is 12.3. The largest absolute Gasteiger partial charge is 0.486 e. The number of ether oxygens (including phenoxy) is 3. The minimum Gasteiger partial charge on any atom is -0.486 e. The lowest BCUT2D eigenvalue weighted by atomic mass is 10.2. The Hall–Kier alpha value is -3.55. The SMILES string of the molecule is C[C@H](OC(=O)c1n[nH]c2ccccc12)C(=O)Nc1ccc2c(c1)OCCO2. The number of benzene rings is 2. The third kappa shape index (κ3) is 3.41. The van der Waals surface area contributed by atoms with Gasteiger partial charge in [-0.1, -0.05) is 18.2 Å². The molecule has 8 heteroatoms. The van der Waals surface area contributed by atoms with Crippen molar-refractivity contribution in [2.45, 2.75) is 13.0 Å². The number of hydrogen-bond donors (Lipinski definition) is 2. The number of carbonyl (C=O) groups excluding carboxylic acids is 2. The van der Waals surface area contributed by atoms with Crippen LogP contribution in [0.3, 0.4) is 0 Å². The first-order valence-corrected chi connectivity index (χ1v) is 8.46. The van der Waals surface area contributed by atoms with Crippen LogP contribution in [0.2, 0.25) is 0 Å². The van der Waals surface area contributed by atoms with E-state index in [-0.39, 0.29) is 5.69 Å². The topological polar surface area (TPSA) is 103 Å². The fourth-order valence-corrected chi connectivity index (χ4v) is 2.75. The molecule has 1 aliphatic heterocycles. The fourth-order valence-electron chi connectivity index (χ4n) is 2.75. The van der Waals surface area contributed by atoms with Gasteiger partial charge in [-0.15, -0.1) is 0 Å². The number of nitrogens with zero attached hydrogens (tertiary/aromatic N) is 1. The number of aromatic nitrogens is 2. The summed E-state index contributed by atoms with van der Waals surface area (Å²) >= 11 is 0. The van der Waals surface area contributed by atoms with Crippen LogP contribution < -0.4 is 14.8 Å². The molecule has 3 aromatic rings. The Morgan fingerprint density at radius 2 is 1.93 bits per heavy atom. The van der Waals surface area contributed by atoms with E-state index in [1.165, 1.54) is 6.92 Å². The number of amides is 1. The molecule has 0 unspecified atom stereocenters. The zero-order chi connectivity index (χ0) is 18.8. The lowest BCUT2D eigenvalue weighted by Crippen LogP contribution is -2.30. The molecule has 1 aliphatic rings. The first-order valence-electron chi connectivity index (χ1n) is 8.46. The summed E-state index contributed by atoms with van der Waals surface area (Å²) in [6.07, 6.45) is -0.999. The fraction of sp³-hybridized carbons (Fsp3) is 0.211. The second kappa shape index (κ2) is 6.99. The zero-order valence-corrected chi connectivity index (χ0v) is 14.5. The number of aromatic amines is 1. The number of nitrogens with one attached hydrogen (secondary N) is 2. The van der Waals surface area contributed by atoms with Crippen molar-refractivity contribution in [3.63, 3.8) is 0 Å². The van der Waals surface area contributed by atoms with Crippen molar-refractivity contribution in [2.75, 3.05) is 18.5 Å². The van der Waals surface area contributed by atoms with Crippen LogP contribution in [-0.2, 0) is 9.53 Å². The summed E-state index contributed by atoms with van der Waals surface area (Å²) in [5.41, 5.74) is 1.39. The van der Waals surface area contributed by atoms with Crippen molar-refractivity contribution in [1.29, 1.82) is 0 Å². The van der Waals surface area contributed by atoms with Gasteiger partial charge in [-0.25, -0.2) is 4.79 Å². The number of hydrogen-bond acceptors (Lipinski definition) is 6. The maximum Gasteiger partial charge on any atom is 0.360 e. The summed E-state index contributed by atoms with van der Waals surface area (Å²) in [7, 11) is 0. The first-order chi connectivity index (χ1) is 13.1. The standard InChI is InChI=1S/C19H17N3O5/c1-11(27-19(24)17-13-4-2-3-5-14(13)21-22-17)18(23)20-12-6-7-15-16(10-12)26-9-8-25-15/h2-7,10-11H,8-9H2,1H3,(H,20,23)(H,21,22)/t11-/m0/s1. The molecule has 0 saturated heterocycles. The molecule has 138 valence electrons. The molecule has 0 bridgehead atoms. The molecule has 1 aromatic heterocycles. The van der Waals surface area contributed by atoms with Crippen molar-refractivity contribution < 1.29 is 23.8 Å². The van der Waals surface area contributed by atoms with Gasteiger partial charge in [-0.05, 0) is 25.1 Å². The van der Waals surface area contributed by atoms with E-state index in [0.717, 1.165) is 5.52 Å². The number of anilines is 1. The molecular formula is C19H17N3O5. The Morgan fingerprint density at radius 3 is 2.78 bits per heavy atom. The summed E-state index contributed by atoms with van der Waals surface area (Å²) in [4.78, 5) is 24.7. The Morgan fingerprint density at radius 1 is 1.15 bits per heavy atom. The monoisotopic (exact) mass is 367 g/mol. The molecule has 27 heavy (non-hydrogen) atoms. The Kier molecular flexibility index (Phi) is 4.37. The average Bonchev–Trinajstić information content (AvgIpc) is 3.12. The smallest absolute Gasteiger partial charge is 0.360 e. The molecular weight excluding hydrogens is 350 g/mol. The van der Waals surface area contributed by atoms with E-state index in [1.54, 1.807) is 36.4 Å². The normalized spacial score (nSPS) is 13.8. The van der Waals surface area contributed by atoms with Crippen molar-refractivity contribution in [3.05, 3.63) is 48.2 Å². The third-order valence-corrected chi connectivity index (χ3v) is 4.13. The minimum absolute atomic E-state index is 0.143. The number of fused-ring (bicyclic) bond motifs is 2. The second-order valence-electron chi connectivity index (χ2n) is 6.01. The molecule has 0 fully saturated rings. The molecule has 0 aliphatic carbocycles. The Bertz CT molecular complexity index is 1010. The van der Waals surface area contributed by atoms with Crippen LogP contribution in [0, 0.1) is 0 Å². The van der Waals surface area contributed by atoms with Gasteiger partial charge in [0, 0.05) is 17.1 Å². The molecule has 2 aromatic carbocycles. The van der Waals surface area contributed by atoms with Crippen LogP contribution >= 0.6 is 0 Å². The minimum atomic E-state index is -0.999. The van der Waals surface area contributed by atoms with Gasteiger partial charge in [-0.3, -0.25) is 9.89 Å². The lowest BCUT2D eigenvalue weighted by molar-refractivity contribution is -0.123. The molecule has 0 saturated carbocycles. The molecule has 2 heterocycles. The average molecular weight is 367 g/mol. The van der Waals surface area contributed by atoms with Crippen LogP contribution in [-0.4, -0.2) is 41.4 Å². The Labute approximate surface area is 154 Å². The van der Waals surface area contributed by atoms with Crippen molar-refractivity contribution >= 4 is 28.5 Å². The molecule has 0 spiro atoms. The molecule has 2 N–H and O–H groups in total. The second-order valence-corrected chi connectivity index (χ2v) is 6.01. The summed E-state index contributed by atoms with van der Waals surface area (Å²) in [5.74, 6) is 0.0629. The quantitative estimate of drug-likeness (QED) is 0.687. The predicted octanol–water partition coefficient (Wildman–Crippen LogP) is 2.52. The Balaban J connectivity index is 1.42. The van der Waals surface area contributed by atoms with E-state index in [9.17, 15) is 9.59 Å². The number of para-hydroxylation sites is 1. The van der Waals surface area contributed by atoms with E-state index in [2.05, 4.69) is 15.5 Å². The third-order valence-electron chi connectivity index (χ3n) is 4.13. The van der Waals surface area contributed by atoms with Crippen LogP contribution in [0.5, 0.6) is 11.5 Å². The predicted molar refractivity (Wildman–Crippen MR) is 97.0 cm³/mol. The maximum atomic E-state index is 12.4. The van der Waals surface area contributed by atoms with Crippen molar-refractivity contribution in [1.82, 2.24) is 10.2 Å². The molecule has 4 rings (SSSR count). The van der Waals surface area contributed by atoms with Gasteiger partial charge in [0.25, 0.3) is 5.91 Å². The number of carbonyl (C=O) groups is 2. The summed E-state index contributed by atoms with van der Waals surface area (Å²) in [5, 5.41) is 10.1. The van der Waals surface area contributed by atoms with Crippen molar-refractivity contribution in [2.24, 2.45) is 0 Å². The number of H-pyrrole nitrogens is 1. The van der Waals surface area contributed by atoms with E-state index >= 15 is 0 Å². The highest BCUT2D eigenvalue weighted by Gasteiger charge is 2.23. The molecule has 0 radical (unpaired) electrons. The van der Waals surface area contributed by atoms with Gasteiger partial charge < -0.3 is 19.5 Å². The highest BCUT2D eigenvalue weighted by molar-refractivity contribution is 6.03. The summed E-state index contributed by atoms with van der Waals surface area (Å²) in [6.45, 7) is 2.45. The van der Waals surface area contributed by atoms with Gasteiger partial charge in [0.1, 0.15) is 13.2 Å². The van der Waals surface area contributed by atoms with Gasteiger partial charge in [-0.2, -0.15) is 5.10 Å². The van der Waals surface area contributed by atoms with E-state index < -0.39 is 18.0 Å². The van der Waals surface area contributed by atoms with Crippen molar-refractivity contribution in [3.8, 4) is 11.5 Å². The van der Waals surface area contributed by atoms with Gasteiger partial charge in [0.2, 0.25) is 0 Å². The highest BCUT2D eigenvalue weighted by atomic mass is 16.6. The van der Waals surface area contributed by atoms with Gasteiger partial charge in [0.15, 0.2) is 23.3 Å². The number of esters is 1. The van der Waals surface area contributed by atoms with Gasteiger partial charge >= 0.3 is 5.97 Å². The molecule has 1 amide bonds. The van der Waals surface area contributed by atoms with E-state index in [4.69, 9.17) is 14.2 Å².